The van der Waals surface area contributed by atoms with Crippen LogP contribution in [0.4, 0.5) is 0 Å². The zero-order valence-corrected chi connectivity index (χ0v) is 18.4. The molecule has 0 spiro atoms. The lowest BCUT2D eigenvalue weighted by atomic mass is 9.75. The Bertz CT molecular complexity index is 515. The minimum atomic E-state index is -1.45. The van der Waals surface area contributed by atoms with Gasteiger partial charge in [0.25, 0.3) is 0 Å². The van der Waals surface area contributed by atoms with Crippen LogP contribution in [0.25, 0.3) is 0 Å². The smallest absolute Gasteiger partial charge is 0.335 e. The second-order valence-electron chi connectivity index (χ2n) is 9.74. The van der Waals surface area contributed by atoms with E-state index in [1.807, 2.05) is 0 Å². The predicted molar refractivity (Wildman–Crippen MR) is 109 cm³/mol. The third kappa shape index (κ3) is 6.47. The van der Waals surface area contributed by atoms with Crippen LogP contribution in [0.1, 0.15) is 86.0 Å². The van der Waals surface area contributed by atoms with Crippen molar-refractivity contribution in [3.05, 3.63) is 0 Å². The van der Waals surface area contributed by atoms with E-state index in [4.69, 9.17) is 9.47 Å². The molecule has 0 bridgehead atoms. The van der Waals surface area contributed by atoms with Crippen molar-refractivity contribution >= 4 is 11.9 Å². The summed E-state index contributed by atoms with van der Waals surface area (Å²) in [6, 6.07) is 0. The number of esters is 2. The summed E-state index contributed by atoms with van der Waals surface area (Å²) in [5.74, 6) is 0.867. The van der Waals surface area contributed by atoms with Crippen molar-refractivity contribution in [2.24, 2.45) is 29.6 Å². The minimum absolute atomic E-state index is 0.103. The molecule has 0 saturated heterocycles. The molecular formula is C23H40O5. The summed E-state index contributed by atoms with van der Waals surface area (Å²) in [4.78, 5) is 24.7. The lowest BCUT2D eigenvalue weighted by Crippen LogP contribution is -2.39. The average molecular weight is 397 g/mol. The van der Waals surface area contributed by atoms with Crippen molar-refractivity contribution in [3.63, 3.8) is 0 Å². The van der Waals surface area contributed by atoms with Gasteiger partial charge in [0.15, 0.2) is 6.10 Å². The summed E-state index contributed by atoms with van der Waals surface area (Å²) in [7, 11) is 0. The normalized spacial score (nSPS) is 32.2. The Kier molecular flexibility index (Phi) is 8.79. The molecule has 2 saturated carbocycles. The van der Waals surface area contributed by atoms with Crippen molar-refractivity contribution < 1.29 is 24.2 Å². The van der Waals surface area contributed by atoms with Crippen molar-refractivity contribution in [2.75, 3.05) is 0 Å². The highest BCUT2D eigenvalue weighted by Crippen LogP contribution is 2.36. The van der Waals surface area contributed by atoms with Crippen LogP contribution in [0.5, 0.6) is 0 Å². The van der Waals surface area contributed by atoms with Gasteiger partial charge in [0, 0.05) is 0 Å². The summed E-state index contributed by atoms with van der Waals surface area (Å²) < 4.78 is 11.3. The van der Waals surface area contributed by atoms with E-state index >= 15 is 0 Å². The quantitative estimate of drug-likeness (QED) is 0.642. The zero-order valence-electron chi connectivity index (χ0n) is 18.4. The van der Waals surface area contributed by atoms with Crippen molar-refractivity contribution in [1.82, 2.24) is 0 Å². The van der Waals surface area contributed by atoms with Crippen LogP contribution in [0.3, 0.4) is 0 Å². The Balaban J connectivity index is 1.86. The topological polar surface area (TPSA) is 72.8 Å². The van der Waals surface area contributed by atoms with Gasteiger partial charge in [-0.3, -0.25) is 4.79 Å². The van der Waals surface area contributed by atoms with Crippen LogP contribution < -0.4 is 0 Å². The van der Waals surface area contributed by atoms with Gasteiger partial charge in [-0.1, -0.05) is 47.5 Å². The third-order valence-electron chi connectivity index (χ3n) is 6.75. The Morgan fingerprint density at radius 3 is 2.14 bits per heavy atom. The number of aliphatic hydroxyl groups excluding tert-OH is 1. The Morgan fingerprint density at radius 1 is 0.893 bits per heavy atom. The van der Waals surface area contributed by atoms with Gasteiger partial charge in [0.2, 0.25) is 0 Å². The number of rotatable bonds is 7. The van der Waals surface area contributed by atoms with E-state index in [2.05, 4.69) is 34.6 Å². The minimum Gasteiger partial charge on any atom is -0.462 e. The van der Waals surface area contributed by atoms with E-state index < -0.39 is 18.0 Å². The van der Waals surface area contributed by atoms with E-state index in [0.29, 0.717) is 29.6 Å². The third-order valence-corrected chi connectivity index (χ3v) is 6.75. The standard InChI is InChI=1S/C23H40O5/c1-14(2)17-8-6-7-9-20(17)27-22(25)13-19(24)23(26)28-21-12-16(5)10-11-18(21)15(3)4/h14-21,24H,6-13H2,1-5H3/t16-,17+,18+,19-,20-,21?/m1/s1. The molecule has 5 heteroatoms. The van der Waals surface area contributed by atoms with E-state index in [-0.39, 0.29) is 18.6 Å². The van der Waals surface area contributed by atoms with E-state index in [9.17, 15) is 14.7 Å². The fourth-order valence-corrected chi connectivity index (χ4v) is 4.97. The molecule has 2 fully saturated rings. The first-order chi connectivity index (χ1) is 13.2. The molecule has 5 nitrogen and oxygen atoms in total. The molecule has 162 valence electrons. The molecule has 0 radical (unpaired) electrons. The molecule has 0 aliphatic heterocycles. The van der Waals surface area contributed by atoms with Crippen LogP contribution in [-0.4, -0.2) is 35.4 Å². The van der Waals surface area contributed by atoms with Crippen molar-refractivity contribution in [1.29, 1.82) is 0 Å². The molecule has 1 unspecified atom stereocenters. The Labute approximate surface area is 170 Å². The average Bonchev–Trinajstić information content (AvgIpc) is 2.61. The fraction of sp³-hybridized carbons (Fsp3) is 0.913. The highest BCUT2D eigenvalue weighted by Gasteiger charge is 2.36. The highest BCUT2D eigenvalue weighted by molar-refractivity contribution is 5.81. The largest absolute Gasteiger partial charge is 0.462 e. The molecule has 0 amide bonds. The molecule has 0 heterocycles. The molecular weight excluding hydrogens is 356 g/mol. The molecule has 0 aromatic carbocycles. The number of hydrogen-bond acceptors (Lipinski definition) is 5. The molecule has 2 aliphatic carbocycles. The van der Waals surface area contributed by atoms with E-state index in [1.165, 1.54) is 6.42 Å². The van der Waals surface area contributed by atoms with Crippen LogP contribution in [0, 0.1) is 29.6 Å². The number of carbonyl (C=O) groups excluding carboxylic acids is 2. The lowest BCUT2D eigenvalue weighted by molar-refractivity contribution is -0.172. The van der Waals surface area contributed by atoms with Gasteiger partial charge in [-0.25, -0.2) is 4.79 Å². The lowest BCUT2D eigenvalue weighted by Gasteiger charge is -2.37. The zero-order chi connectivity index (χ0) is 20.8. The predicted octanol–water partition coefficient (Wildman–Crippen LogP) is 4.50. The van der Waals surface area contributed by atoms with Crippen molar-refractivity contribution in [3.8, 4) is 0 Å². The highest BCUT2D eigenvalue weighted by atomic mass is 16.6. The number of carbonyl (C=O) groups is 2. The van der Waals surface area contributed by atoms with Crippen LogP contribution in [0.15, 0.2) is 0 Å². The maximum Gasteiger partial charge on any atom is 0.335 e. The molecule has 6 atom stereocenters. The number of ether oxygens (including phenoxy) is 2. The van der Waals surface area contributed by atoms with E-state index in [1.54, 1.807) is 0 Å². The van der Waals surface area contributed by atoms with Gasteiger partial charge in [-0.05, 0) is 61.7 Å². The molecule has 0 aromatic rings. The van der Waals surface area contributed by atoms with Gasteiger partial charge in [-0.15, -0.1) is 0 Å². The first-order valence-corrected chi connectivity index (χ1v) is 11.3. The van der Waals surface area contributed by atoms with Gasteiger partial charge < -0.3 is 14.6 Å². The van der Waals surface area contributed by atoms with Gasteiger partial charge in [0.1, 0.15) is 12.2 Å². The Morgan fingerprint density at radius 2 is 1.50 bits per heavy atom. The fourth-order valence-electron chi connectivity index (χ4n) is 4.97. The first kappa shape index (κ1) is 23.2. The summed E-state index contributed by atoms with van der Waals surface area (Å²) in [5.41, 5.74) is 0. The van der Waals surface area contributed by atoms with Crippen LogP contribution in [0.2, 0.25) is 0 Å². The maximum absolute atomic E-state index is 12.4. The SMILES string of the molecule is CC(C)[C@@H]1CC[C@@H](C)CC1OC(=O)[C@H](O)CC(=O)O[C@@H]1CCCC[C@H]1C(C)C. The second kappa shape index (κ2) is 10.6. The van der Waals surface area contributed by atoms with Gasteiger partial charge in [-0.2, -0.15) is 0 Å². The Hall–Kier alpha value is -1.10. The second-order valence-corrected chi connectivity index (χ2v) is 9.74. The molecule has 2 rings (SSSR count). The molecule has 2 aliphatic rings. The van der Waals surface area contributed by atoms with Crippen molar-refractivity contribution in [2.45, 2.75) is 104 Å². The first-order valence-electron chi connectivity index (χ1n) is 11.3. The maximum atomic E-state index is 12.4. The number of hydrogen-bond donors (Lipinski definition) is 1. The van der Waals surface area contributed by atoms with Gasteiger partial charge >= 0.3 is 11.9 Å². The monoisotopic (exact) mass is 396 g/mol. The molecule has 0 aromatic heterocycles. The summed E-state index contributed by atoms with van der Waals surface area (Å²) >= 11 is 0. The van der Waals surface area contributed by atoms with Gasteiger partial charge in [0.05, 0.1) is 6.42 Å². The van der Waals surface area contributed by atoms with Crippen LogP contribution >= 0.6 is 0 Å². The summed E-state index contributed by atoms with van der Waals surface area (Å²) in [5, 5.41) is 10.2. The summed E-state index contributed by atoms with van der Waals surface area (Å²) in [6.07, 6.45) is 5.11. The summed E-state index contributed by atoms with van der Waals surface area (Å²) in [6.45, 7) is 10.8. The molecule has 28 heavy (non-hydrogen) atoms. The van der Waals surface area contributed by atoms with Crippen LogP contribution in [-0.2, 0) is 19.1 Å². The molecule has 1 N–H and O–H groups in total. The van der Waals surface area contributed by atoms with E-state index in [0.717, 1.165) is 38.5 Å². The number of aliphatic hydroxyl groups is 1.